The van der Waals surface area contributed by atoms with Crippen molar-refractivity contribution in [3.8, 4) is 0 Å². The van der Waals surface area contributed by atoms with E-state index in [9.17, 15) is 0 Å². The lowest BCUT2D eigenvalue weighted by atomic mass is 10.0. The van der Waals surface area contributed by atoms with Crippen LogP contribution in [0.4, 0.5) is 0 Å². The highest BCUT2D eigenvalue weighted by atomic mass is 79.9. The smallest absolute Gasteiger partial charge is 0.0285 e. The quantitative estimate of drug-likeness (QED) is 0.732. The third kappa shape index (κ3) is 1.69. The number of fused-ring (bicyclic) bond motifs is 1. The van der Waals surface area contributed by atoms with Crippen molar-refractivity contribution in [2.45, 2.75) is 19.8 Å². The van der Waals surface area contributed by atoms with Crippen molar-refractivity contribution in [1.29, 1.82) is 0 Å². The fraction of sp³-hybridized carbons (Fsp3) is 0.231. The first-order valence-corrected chi connectivity index (χ1v) is 5.78. The Labute approximate surface area is 93.1 Å². The Morgan fingerprint density at radius 2 is 1.86 bits per heavy atom. The van der Waals surface area contributed by atoms with Gasteiger partial charge >= 0.3 is 0 Å². The average molecular weight is 249 g/mol. The van der Waals surface area contributed by atoms with Gasteiger partial charge in [0.25, 0.3) is 0 Å². The molecule has 0 saturated heterocycles. The molecule has 0 atom stereocenters. The molecule has 2 aromatic rings. The van der Waals surface area contributed by atoms with E-state index in [0.29, 0.717) is 0 Å². The lowest BCUT2D eigenvalue weighted by molar-refractivity contribution is 0.919. The van der Waals surface area contributed by atoms with Crippen LogP contribution in [0, 0.1) is 0 Å². The Morgan fingerprint density at radius 3 is 2.64 bits per heavy atom. The van der Waals surface area contributed by atoms with Crippen molar-refractivity contribution in [1.82, 2.24) is 0 Å². The minimum Gasteiger partial charge on any atom is -0.0651 e. The molecule has 1 heteroatoms. The second kappa shape index (κ2) is 4.14. The molecule has 0 bridgehead atoms. The normalized spacial score (nSPS) is 10.7. The summed E-state index contributed by atoms with van der Waals surface area (Å²) in [6.07, 6.45) is 2.34. The van der Waals surface area contributed by atoms with E-state index in [-0.39, 0.29) is 0 Å². The zero-order valence-electron chi connectivity index (χ0n) is 8.26. The molecule has 0 aliphatic heterocycles. The lowest BCUT2D eigenvalue weighted by Gasteiger charge is -2.06. The predicted octanol–water partition coefficient (Wildman–Crippen LogP) is 4.55. The Hall–Kier alpha value is -0.820. The van der Waals surface area contributed by atoms with Crippen LogP contribution in [-0.2, 0) is 6.42 Å². The molecule has 0 saturated carbocycles. The van der Waals surface area contributed by atoms with E-state index < -0.39 is 0 Å². The molecule has 0 aliphatic carbocycles. The van der Waals surface area contributed by atoms with Crippen LogP contribution in [-0.4, -0.2) is 0 Å². The van der Waals surface area contributed by atoms with Gasteiger partial charge in [0.1, 0.15) is 0 Å². The highest BCUT2D eigenvalue weighted by Gasteiger charge is 2.02. The number of halogens is 1. The number of hydrogen-bond acceptors (Lipinski definition) is 0. The minimum atomic E-state index is 1.14. The first-order valence-electron chi connectivity index (χ1n) is 4.99. The first kappa shape index (κ1) is 9.72. The van der Waals surface area contributed by atoms with E-state index in [2.05, 4.69) is 59.3 Å². The second-order valence-electron chi connectivity index (χ2n) is 3.51. The van der Waals surface area contributed by atoms with Gasteiger partial charge in [0.2, 0.25) is 0 Å². The van der Waals surface area contributed by atoms with Crippen LogP contribution in [0.25, 0.3) is 10.8 Å². The Morgan fingerprint density at radius 1 is 1.07 bits per heavy atom. The highest BCUT2D eigenvalue weighted by molar-refractivity contribution is 9.10. The van der Waals surface area contributed by atoms with E-state index in [1.54, 1.807) is 0 Å². The summed E-state index contributed by atoms with van der Waals surface area (Å²) in [5, 5.41) is 2.62. The third-order valence-electron chi connectivity index (χ3n) is 2.46. The number of rotatable bonds is 2. The van der Waals surface area contributed by atoms with Gasteiger partial charge in [-0.25, -0.2) is 0 Å². The summed E-state index contributed by atoms with van der Waals surface area (Å²) in [5.41, 5.74) is 1.41. The number of benzene rings is 2. The van der Waals surface area contributed by atoms with E-state index in [1.165, 1.54) is 27.2 Å². The zero-order valence-corrected chi connectivity index (χ0v) is 9.84. The summed E-state index contributed by atoms with van der Waals surface area (Å²) in [7, 11) is 0. The van der Waals surface area contributed by atoms with Gasteiger partial charge in [-0.15, -0.1) is 0 Å². The van der Waals surface area contributed by atoms with Crippen molar-refractivity contribution >= 4 is 26.7 Å². The van der Waals surface area contributed by atoms with Crippen LogP contribution < -0.4 is 0 Å². The van der Waals surface area contributed by atoms with Crippen molar-refractivity contribution in [2.24, 2.45) is 0 Å². The molecular formula is C13H13Br. The SMILES string of the molecule is CCCc1ccc2ccccc2c1Br. The molecule has 0 heterocycles. The monoisotopic (exact) mass is 248 g/mol. The average Bonchev–Trinajstić information content (AvgIpc) is 2.23. The van der Waals surface area contributed by atoms with Crippen molar-refractivity contribution in [2.75, 3.05) is 0 Å². The predicted molar refractivity (Wildman–Crippen MR) is 65.6 cm³/mol. The van der Waals surface area contributed by atoms with E-state index in [4.69, 9.17) is 0 Å². The Kier molecular flexibility index (Phi) is 2.87. The highest BCUT2D eigenvalue weighted by Crippen LogP contribution is 2.28. The van der Waals surface area contributed by atoms with Gasteiger partial charge in [0, 0.05) is 4.47 Å². The third-order valence-corrected chi connectivity index (χ3v) is 3.40. The number of hydrogen-bond donors (Lipinski definition) is 0. The molecule has 0 aromatic heterocycles. The molecule has 0 N–H and O–H groups in total. The summed E-state index contributed by atoms with van der Waals surface area (Å²) in [6, 6.07) is 12.9. The summed E-state index contributed by atoms with van der Waals surface area (Å²) in [5.74, 6) is 0. The van der Waals surface area contributed by atoms with Crippen LogP contribution in [0.2, 0.25) is 0 Å². The van der Waals surface area contributed by atoms with Crippen LogP contribution in [0.3, 0.4) is 0 Å². The zero-order chi connectivity index (χ0) is 9.97. The van der Waals surface area contributed by atoms with Gasteiger partial charge < -0.3 is 0 Å². The summed E-state index contributed by atoms with van der Waals surface area (Å²) in [6.45, 7) is 2.21. The van der Waals surface area contributed by atoms with Gasteiger partial charge in [0.05, 0.1) is 0 Å². The molecule has 2 rings (SSSR count). The fourth-order valence-electron chi connectivity index (χ4n) is 1.74. The molecule has 0 nitrogen and oxygen atoms in total. The maximum Gasteiger partial charge on any atom is 0.0285 e. The minimum absolute atomic E-state index is 1.14. The standard InChI is InChI=1S/C13H13Br/c1-2-5-11-9-8-10-6-3-4-7-12(10)13(11)14/h3-4,6-9H,2,5H2,1H3. The fourth-order valence-corrected chi connectivity index (χ4v) is 2.43. The lowest BCUT2D eigenvalue weighted by Crippen LogP contribution is -1.86. The largest absolute Gasteiger partial charge is 0.0651 e. The van der Waals surface area contributed by atoms with Gasteiger partial charge in [0.15, 0.2) is 0 Å². The van der Waals surface area contributed by atoms with E-state index in [1.807, 2.05) is 0 Å². The van der Waals surface area contributed by atoms with Crippen LogP contribution in [0.15, 0.2) is 40.9 Å². The van der Waals surface area contributed by atoms with Gasteiger partial charge in [-0.1, -0.05) is 49.7 Å². The summed E-state index contributed by atoms with van der Waals surface area (Å²) in [4.78, 5) is 0. The molecular weight excluding hydrogens is 236 g/mol. The maximum atomic E-state index is 3.68. The van der Waals surface area contributed by atoms with Gasteiger partial charge in [-0.3, -0.25) is 0 Å². The molecule has 14 heavy (non-hydrogen) atoms. The van der Waals surface area contributed by atoms with Gasteiger partial charge in [-0.2, -0.15) is 0 Å². The first-order chi connectivity index (χ1) is 6.83. The van der Waals surface area contributed by atoms with Crippen LogP contribution in [0.5, 0.6) is 0 Å². The van der Waals surface area contributed by atoms with Crippen molar-refractivity contribution in [3.63, 3.8) is 0 Å². The maximum absolute atomic E-state index is 3.68. The summed E-state index contributed by atoms with van der Waals surface area (Å²) < 4.78 is 1.26. The van der Waals surface area contributed by atoms with Crippen LogP contribution >= 0.6 is 15.9 Å². The van der Waals surface area contributed by atoms with Gasteiger partial charge in [-0.05, 0) is 38.7 Å². The van der Waals surface area contributed by atoms with Crippen molar-refractivity contribution in [3.05, 3.63) is 46.4 Å². The Balaban J connectivity index is 2.63. The molecule has 72 valence electrons. The van der Waals surface area contributed by atoms with E-state index >= 15 is 0 Å². The number of aryl methyl sites for hydroxylation is 1. The molecule has 0 fully saturated rings. The molecule has 0 amide bonds. The second-order valence-corrected chi connectivity index (χ2v) is 4.30. The molecule has 0 spiro atoms. The molecule has 0 aliphatic rings. The molecule has 0 radical (unpaired) electrons. The summed E-state index contributed by atoms with van der Waals surface area (Å²) >= 11 is 3.68. The molecule has 0 unspecified atom stereocenters. The Bertz CT molecular complexity index is 446. The van der Waals surface area contributed by atoms with E-state index in [0.717, 1.165) is 6.42 Å². The van der Waals surface area contributed by atoms with Crippen LogP contribution in [0.1, 0.15) is 18.9 Å². The topological polar surface area (TPSA) is 0 Å². The van der Waals surface area contributed by atoms with Crippen molar-refractivity contribution < 1.29 is 0 Å². The molecule has 2 aromatic carbocycles.